The Morgan fingerprint density at radius 1 is 1.33 bits per heavy atom. The van der Waals surface area contributed by atoms with E-state index in [0.717, 1.165) is 10.7 Å². The van der Waals surface area contributed by atoms with Crippen LogP contribution in [0, 0.1) is 0 Å². The molecule has 1 amide bonds. The lowest BCUT2D eigenvalue weighted by molar-refractivity contribution is -0.129. The van der Waals surface area contributed by atoms with E-state index in [4.69, 9.17) is 4.84 Å². The van der Waals surface area contributed by atoms with Gasteiger partial charge in [-0.1, -0.05) is 30.3 Å². The van der Waals surface area contributed by atoms with E-state index in [1.165, 1.54) is 17.3 Å². The minimum Gasteiger partial charge on any atom is -0.269 e. The van der Waals surface area contributed by atoms with E-state index < -0.39 is 0 Å². The Bertz CT molecular complexity index is 375. The molecule has 15 heavy (non-hydrogen) atoms. The maximum Gasteiger partial charge on any atom is 0.281 e. The molecule has 0 saturated heterocycles. The van der Waals surface area contributed by atoms with Crippen molar-refractivity contribution in [1.82, 2.24) is 5.48 Å². The molecule has 0 saturated carbocycles. The summed E-state index contributed by atoms with van der Waals surface area (Å²) in [7, 11) is 0. The van der Waals surface area contributed by atoms with Crippen LogP contribution in [0.3, 0.4) is 0 Å². The summed E-state index contributed by atoms with van der Waals surface area (Å²) in [6, 6.07) is 10.1. The van der Waals surface area contributed by atoms with Gasteiger partial charge >= 0.3 is 0 Å². The van der Waals surface area contributed by atoms with Crippen LogP contribution in [0.25, 0.3) is 0 Å². The number of nitrogens with one attached hydrogen (secondary N) is 1. The lowest BCUT2D eigenvalue weighted by Gasteiger charge is -2.12. The van der Waals surface area contributed by atoms with E-state index in [1.54, 1.807) is 6.08 Å². The number of amides is 1. The number of hydrogen-bond donors (Lipinski definition) is 1. The van der Waals surface area contributed by atoms with Crippen molar-refractivity contribution in [2.45, 2.75) is 5.75 Å². The molecule has 78 valence electrons. The molecule has 0 aromatic heterocycles. The van der Waals surface area contributed by atoms with Crippen LogP contribution in [0.5, 0.6) is 0 Å². The first-order valence-electron chi connectivity index (χ1n) is 4.65. The number of thioether (sulfide) groups is 1. The van der Waals surface area contributed by atoms with Crippen molar-refractivity contribution in [3.8, 4) is 0 Å². The standard InChI is InChI=1S/C11H11NO2S/c13-11-10(6-7-14-12-11)15-8-9-4-2-1-3-5-9/h1-6H,7-8H2,(H,12,13). The van der Waals surface area contributed by atoms with Gasteiger partial charge in [0.1, 0.15) is 0 Å². The molecule has 1 heterocycles. The molecule has 0 radical (unpaired) electrons. The summed E-state index contributed by atoms with van der Waals surface area (Å²) >= 11 is 1.53. The Hall–Kier alpha value is -1.26. The van der Waals surface area contributed by atoms with Gasteiger partial charge in [-0.05, 0) is 11.6 Å². The number of benzene rings is 1. The van der Waals surface area contributed by atoms with Gasteiger partial charge in [-0.15, -0.1) is 11.8 Å². The predicted molar refractivity (Wildman–Crippen MR) is 59.9 cm³/mol. The van der Waals surface area contributed by atoms with Crippen LogP contribution in [-0.2, 0) is 15.4 Å². The smallest absolute Gasteiger partial charge is 0.269 e. The molecule has 1 N–H and O–H groups in total. The van der Waals surface area contributed by atoms with Crippen molar-refractivity contribution >= 4 is 17.7 Å². The van der Waals surface area contributed by atoms with Crippen molar-refractivity contribution in [2.75, 3.05) is 6.61 Å². The molecule has 0 fully saturated rings. The predicted octanol–water partition coefficient (Wildman–Crippen LogP) is 1.87. The number of carbonyl (C=O) groups excluding carboxylic acids is 1. The summed E-state index contributed by atoms with van der Waals surface area (Å²) in [4.78, 5) is 16.8. The second-order valence-corrected chi connectivity index (χ2v) is 4.10. The minimum atomic E-state index is -0.151. The number of hydrogen-bond acceptors (Lipinski definition) is 3. The molecule has 3 nitrogen and oxygen atoms in total. The van der Waals surface area contributed by atoms with Gasteiger partial charge in [0.25, 0.3) is 5.91 Å². The third-order valence-electron chi connectivity index (χ3n) is 1.98. The molecule has 0 bridgehead atoms. The van der Waals surface area contributed by atoms with Crippen molar-refractivity contribution in [3.05, 3.63) is 46.9 Å². The Labute approximate surface area is 92.5 Å². The largest absolute Gasteiger partial charge is 0.281 e. The molecule has 0 unspecified atom stereocenters. The normalized spacial score (nSPS) is 15.7. The zero-order valence-electron chi connectivity index (χ0n) is 8.10. The van der Waals surface area contributed by atoms with E-state index in [9.17, 15) is 4.79 Å². The molecule has 0 spiro atoms. The van der Waals surface area contributed by atoms with Crippen molar-refractivity contribution < 1.29 is 9.63 Å². The van der Waals surface area contributed by atoms with E-state index in [2.05, 4.69) is 5.48 Å². The van der Waals surface area contributed by atoms with Crippen LogP contribution in [-0.4, -0.2) is 12.5 Å². The topological polar surface area (TPSA) is 38.3 Å². The molecule has 0 atom stereocenters. The maximum atomic E-state index is 11.3. The zero-order valence-corrected chi connectivity index (χ0v) is 8.92. The van der Waals surface area contributed by atoms with E-state index in [0.29, 0.717) is 6.61 Å². The summed E-state index contributed by atoms with van der Waals surface area (Å²) in [6.07, 6.45) is 1.80. The van der Waals surface area contributed by atoms with Gasteiger partial charge in [0, 0.05) is 5.75 Å². The van der Waals surface area contributed by atoms with Crippen molar-refractivity contribution in [3.63, 3.8) is 0 Å². The molecule has 1 aromatic rings. The highest BCUT2D eigenvalue weighted by Gasteiger charge is 2.13. The molecular formula is C11H11NO2S. The van der Waals surface area contributed by atoms with E-state index in [1.807, 2.05) is 30.3 Å². The Kier molecular flexibility index (Phi) is 3.42. The number of rotatable bonds is 3. The average molecular weight is 221 g/mol. The molecule has 1 aliphatic heterocycles. The van der Waals surface area contributed by atoms with Gasteiger partial charge in [-0.25, -0.2) is 5.48 Å². The summed E-state index contributed by atoms with van der Waals surface area (Å²) in [5.41, 5.74) is 3.55. The SMILES string of the molecule is O=C1NOCC=C1SCc1ccccc1. The van der Waals surface area contributed by atoms with Gasteiger partial charge in [0.2, 0.25) is 0 Å². The van der Waals surface area contributed by atoms with Crippen LogP contribution >= 0.6 is 11.8 Å². The van der Waals surface area contributed by atoms with Crippen LogP contribution < -0.4 is 5.48 Å². The average Bonchev–Trinajstić information content (AvgIpc) is 2.29. The minimum absolute atomic E-state index is 0.151. The summed E-state index contributed by atoms with van der Waals surface area (Å²) in [5.74, 6) is 0.655. The van der Waals surface area contributed by atoms with Crippen molar-refractivity contribution in [1.29, 1.82) is 0 Å². The fourth-order valence-corrected chi connectivity index (χ4v) is 2.10. The Morgan fingerprint density at radius 2 is 2.13 bits per heavy atom. The fraction of sp³-hybridized carbons (Fsp3) is 0.182. The maximum absolute atomic E-state index is 11.3. The molecular weight excluding hydrogens is 210 g/mol. The van der Waals surface area contributed by atoms with E-state index >= 15 is 0 Å². The lowest BCUT2D eigenvalue weighted by Crippen LogP contribution is -2.28. The molecule has 0 aliphatic carbocycles. The third-order valence-corrected chi connectivity index (χ3v) is 3.12. The zero-order chi connectivity index (χ0) is 10.5. The molecule has 1 aliphatic rings. The Balaban J connectivity index is 1.93. The second kappa shape index (κ2) is 5.00. The highest BCUT2D eigenvalue weighted by atomic mass is 32.2. The van der Waals surface area contributed by atoms with Gasteiger partial charge in [-0.2, -0.15) is 0 Å². The summed E-state index contributed by atoms with van der Waals surface area (Å²) < 4.78 is 0. The first kappa shape index (κ1) is 10.3. The van der Waals surface area contributed by atoms with Crippen LogP contribution in [0.1, 0.15) is 5.56 Å². The third kappa shape index (κ3) is 2.84. The first-order chi connectivity index (χ1) is 7.36. The van der Waals surface area contributed by atoms with E-state index in [-0.39, 0.29) is 5.91 Å². The van der Waals surface area contributed by atoms with Gasteiger partial charge in [-0.3, -0.25) is 9.63 Å². The van der Waals surface area contributed by atoms with Crippen molar-refractivity contribution in [2.24, 2.45) is 0 Å². The highest BCUT2D eigenvalue weighted by Crippen LogP contribution is 2.22. The first-order valence-corrected chi connectivity index (χ1v) is 5.64. The van der Waals surface area contributed by atoms with Crippen LogP contribution in [0.15, 0.2) is 41.3 Å². The van der Waals surface area contributed by atoms with Crippen LogP contribution in [0.2, 0.25) is 0 Å². The monoisotopic (exact) mass is 221 g/mol. The quantitative estimate of drug-likeness (QED) is 0.846. The van der Waals surface area contributed by atoms with Crippen LogP contribution in [0.4, 0.5) is 0 Å². The van der Waals surface area contributed by atoms with Gasteiger partial charge in [0.05, 0.1) is 11.5 Å². The molecule has 1 aromatic carbocycles. The van der Waals surface area contributed by atoms with Gasteiger partial charge < -0.3 is 0 Å². The number of hydroxylamine groups is 1. The highest BCUT2D eigenvalue weighted by molar-refractivity contribution is 8.03. The molecule has 2 rings (SSSR count). The number of carbonyl (C=O) groups is 1. The summed E-state index contributed by atoms with van der Waals surface area (Å²) in [5, 5.41) is 0. The fourth-order valence-electron chi connectivity index (χ4n) is 1.23. The summed E-state index contributed by atoms with van der Waals surface area (Å²) in [6.45, 7) is 0.447. The molecule has 4 heteroatoms. The van der Waals surface area contributed by atoms with Gasteiger partial charge in [0.15, 0.2) is 0 Å². The lowest BCUT2D eigenvalue weighted by atomic mass is 10.2. The Morgan fingerprint density at radius 3 is 2.87 bits per heavy atom. The second-order valence-electron chi connectivity index (χ2n) is 3.08.